The van der Waals surface area contributed by atoms with Gasteiger partial charge in [0.05, 0.1) is 5.56 Å². The lowest BCUT2D eigenvalue weighted by Crippen LogP contribution is -2.50. The Labute approximate surface area is 165 Å². The molecule has 0 N–H and O–H groups in total. The van der Waals surface area contributed by atoms with Crippen LogP contribution in [-0.2, 0) is 22.5 Å². The first kappa shape index (κ1) is 20.0. The van der Waals surface area contributed by atoms with Crippen LogP contribution >= 0.6 is 11.8 Å². The number of amides is 1. The van der Waals surface area contributed by atoms with Gasteiger partial charge in [-0.1, -0.05) is 6.07 Å². The molecule has 2 aliphatic heterocycles. The Balaban J connectivity index is 1.54. The first-order chi connectivity index (χ1) is 12.8. The van der Waals surface area contributed by atoms with Crippen LogP contribution in [0.25, 0.3) is 0 Å². The number of rotatable bonds is 4. The predicted molar refractivity (Wildman–Crippen MR) is 105 cm³/mol. The minimum Gasteiger partial charge on any atom is -0.457 e. The highest BCUT2D eigenvalue weighted by Gasteiger charge is 2.27. The average Bonchev–Trinajstić information content (AvgIpc) is 2.99. The lowest BCUT2D eigenvalue weighted by molar-refractivity contribution is 0.0146. The number of esters is 1. The Morgan fingerprint density at radius 1 is 1.22 bits per heavy atom. The van der Waals surface area contributed by atoms with Crippen molar-refractivity contribution < 1.29 is 19.1 Å². The van der Waals surface area contributed by atoms with Crippen molar-refractivity contribution in [3.8, 4) is 0 Å². The van der Waals surface area contributed by atoms with Crippen molar-refractivity contribution in [2.45, 2.75) is 44.3 Å². The number of hydrogen-bond donors (Lipinski definition) is 0. The van der Waals surface area contributed by atoms with Gasteiger partial charge in [0.25, 0.3) is 0 Å². The Morgan fingerprint density at radius 2 is 1.93 bits per heavy atom. The molecule has 0 radical (unpaired) electrons. The molecule has 0 aliphatic carbocycles. The van der Waals surface area contributed by atoms with Crippen LogP contribution in [0.15, 0.2) is 17.0 Å². The van der Waals surface area contributed by atoms with Crippen molar-refractivity contribution >= 4 is 23.8 Å². The number of ether oxygens (including phenoxy) is 2. The van der Waals surface area contributed by atoms with Crippen molar-refractivity contribution in [1.82, 2.24) is 9.80 Å². The van der Waals surface area contributed by atoms with Gasteiger partial charge in [0.2, 0.25) is 0 Å². The van der Waals surface area contributed by atoms with Gasteiger partial charge in [-0.3, -0.25) is 4.90 Å². The van der Waals surface area contributed by atoms with E-state index in [0.717, 1.165) is 31.6 Å². The van der Waals surface area contributed by atoms with Gasteiger partial charge in [0.1, 0.15) is 12.2 Å². The zero-order chi connectivity index (χ0) is 19.6. The van der Waals surface area contributed by atoms with E-state index in [2.05, 4.69) is 4.90 Å². The molecule has 1 aromatic rings. The summed E-state index contributed by atoms with van der Waals surface area (Å²) in [6.07, 6.45) is 2.74. The summed E-state index contributed by atoms with van der Waals surface area (Å²) >= 11 is 1.68. The van der Waals surface area contributed by atoms with E-state index < -0.39 is 5.60 Å². The largest absolute Gasteiger partial charge is 0.457 e. The average molecular weight is 393 g/mol. The van der Waals surface area contributed by atoms with Gasteiger partial charge >= 0.3 is 12.1 Å². The molecule has 27 heavy (non-hydrogen) atoms. The Morgan fingerprint density at radius 3 is 2.56 bits per heavy atom. The third kappa shape index (κ3) is 4.76. The number of carbonyl (C=O) groups is 2. The molecule has 3 rings (SSSR count). The van der Waals surface area contributed by atoms with E-state index >= 15 is 0 Å². The topological polar surface area (TPSA) is 59.1 Å². The van der Waals surface area contributed by atoms with E-state index in [1.54, 1.807) is 16.7 Å². The van der Waals surface area contributed by atoms with Crippen LogP contribution in [0.1, 0.15) is 42.3 Å². The van der Waals surface area contributed by atoms with E-state index in [0.29, 0.717) is 25.3 Å². The highest BCUT2D eigenvalue weighted by atomic mass is 32.2. The summed E-state index contributed by atoms with van der Waals surface area (Å²) < 4.78 is 10.6. The minimum absolute atomic E-state index is 0.217. The van der Waals surface area contributed by atoms with Gasteiger partial charge < -0.3 is 14.4 Å². The molecule has 7 heteroatoms. The van der Waals surface area contributed by atoms with E-state index in [9.17, 15) is 9.59 Å². The first-order valence-corrected chi connectivity index (χ1v) is 10.6. The summed E-state index contributed by atoms with van der Waals surface area (Å²) in [5.41, 5.74) is 2.53. The number of fused-ring (bicyclic) bond motifs is 1. The SMILES string of the molecule is CSc1c(CCN2CCN(C(=O)OC(C)(C)C)CC2)ccc2c1COC2=O. The van der Waals surface area contributed by atoms with Crippen LogP contribution in [0, 0.1) is 0 Å². The lowest BCUT2D eigenvalue weighted by Gasteiger charge is -2.35. The first-order valence-electron chi connectivity index (χ1n) is 9.34. The number of carbonyl (C=O) groups excluding carboxylic acids is 2. The van der Waals surface area contributed by atoms with E-state index in [1.165, 1.54) is 10.5 Å². The van der Waals surface area contributed by atoms with Gasteiger partial charge in [-0.05, 0) is 45.1 Å². The summed E-state index contributed by atoms with van der Waals surface area (Å²) in [5.74, 6) is -0.217. The maximum atomic E-state index is 12.2. The molecule has 1 saturated heterocycles. The smallest absolute Gasteiger partial charge is 0.410 e. The molecule has 1 amide bonds. The van der Waals surface area contributed by atoms with Crippen LogP contribution in [0.5, 0.6) is 0 Å². The summed E-state index contributed by atoms with van der Waals surface area (Å²) in [4.78, 5) is 29.2. The third-order valence-corrected chi connectivity index (χ3v) is 5.75. The predicted octanol–water partition coefficient (Wildman–Crippen LogP) is 3.17. The summed E-state index contributed by atoms with van der Waals surface area (Å²) in [6, 6.07) is 3.94. The zero-order valence-corrected chi connectivity index (χ0v) is 17.4. The number of nitrogens with zero attached hydrogens (tertiary/aromatic N) is 2. The third-order valence-electron chi connectivity index (χ3n) is 4.84. The zero-order valence-electron chi connectivity index (χ0n) is 16.5. The molecule has 2 heterocycles. The molecule has 6 nitrogen and oxygen atoms in total. The van der Waals surface area contributed by atoms with Crippen LogP contribution in [0.3, 0.4) is 0 Å². The number of piperazine rings is 1. The molecular weight excluding hydrogens is 364 g/mol. The van der Waals surface area contributed by atoms with E-state index in [1.807, 2.05) is 39.2 Å². The van der Waals surface area contributed by atoms with Crippen molar-refractivity contribution in [2.75, 3.05) is 39.0 Å². The van der Waals surface area contributed by atoms with E-state index in [-0.39, 0.29) is 12.1 Å². The van der Waals surface area contributed by atoms with Crippen LogP contribution < -0.4 is 0 Å². The summed E-state index contributed by atoms with van der Waals surface area (Å²) in [6.45, 7) is 10.1. The highest BCUT2D eigenvalue weighted by Crippen LogP contribution is 2.33. The molecule has 0 saturated carbocycles. The number of benzene rings is 1. The molecule has 0 aromatic heterocycles. The molecule has 0 bridgehead atoms. The van der Waals surface area contributed by atoms with Crippen LogP contribution in [-0.4, -0.2) is 66.4 Å². The highest BCUT2D eigenvalue weighted by molar-refractivity contribution is 7.98. The number of cyclic esters (lactones) is 1. The quantitative estimate of drug-likeness (QED) is 0.579. The van der Waals surface area contributed by atoms with Gasteiger partial charge in [-0.15, -0.1) is 11.8 Å². The van der Waals surface area contributed by atoms with Gasteiger partial charge in [0.15, 0.2) is 0 Å². The summed E-state index contributed by atoms with van der Waals surface area (Å²) in [5, 5.41) is 0. The van der Waals surface area contributed by atoms with Crippen molar-refractivity contribution in [3.05, 3.63) is 28.8 Å². The molecular formula is C20H28N2O4S. The Bertz CT molecular complexity index is 721. The minimum atomic E-state index is -0.457. The fourth-order valence-electron chi connectivity index (χ4n) is 3.44. The molecule has 0 spiro atoms. The molecule has 148 valence electrons. The van der Waals surface area contributed by atoms with Crippen LogP contribution in [0.2, 0.25) is 0 Å². The summed E-state index contributed by atoms with van der Waals surface area (Å²) in [7, 11) is 0. The van der Waals surface area contributed by atoms with Gasteiger partial charge in [-0.25, -0.2) is 9.59 Å². The molecule has 2 aliphatic rings. The standard InChI is InChI=1S/C20H28N2O4S/c1-20(2,3)26-19(24)22-11-9-21(10-12-22)8-7-14-5-6-15-16(17(14)27-4)13-25-18(15)23/h5-6H,7-13H2,1-4H3. The molecule has 0 atom stereocenters. The second-order valence-electron chi connectivity index (χ2n) is 7.92. The van der Waals surface area contributed by atoms with Gasteiger partial charge in [-0.2, -0.15) is 0 Å². The van der Waals surface area contributed by atoms with Crippen molar-refractivity contribution in [1.29, 1.82) is 0 Å². The second kappa shape index (κ2) is 8.10. The Hall–Kier alpha value is -1.73. The van der Waals surface area contributed by atoms with Crippen molar-refractivity contribution in [3.63, 3.8) is 0 Å². The number of hydrogen-bond acceptors (Lipinski definition) is 6. The lowest BCUT2D eigenvalue weighted by atomic mass is 10.0. The maximum absolute atomic E-state index is 12.2. The fraction of sp³-hybridized carbons (Fsp3) is 0.600. The fourth-order valence-corrected chi connectivity index (χ4v) is 4.28. The van der Waals surface area contributed by atoms with Crippen LogP contribution in [0.4, 0.5) is 4.79 Å². The molecule has 1 fully saturated rings. The second-order valence-corrected chi connectivity index (χ2v) is 8.74. The normalized spacial score (nSPS) is 17.6. The Kier molecular flexibility index (Phi) is 6.01. The maximum Gasteiger partial charge on any atom is 0.410 e. The van der Waals surface area contributed by atoms with Crippen molar-refractivity contribution in [2.24, 2.45) is 0 Å². The monoisotopic (exact) mass is 392 g/mol. The number of thioether (sulfide) groups is 1. The molecule has 1 aromatic carbocycles. The van der Waals surface area contributed by atoms with Gasteiger partial charge in [0, 0.05) is 43.2 Å². The molecule has 0 unspecified atom stereocenters. The van der Waals surface area contributed by atoms with E-state index in [4.69, 9.17) is 9.47 Å².